The summed E-state index contributed by atoms with van der Waals surface area (Å²) in [6.45, 7) is 8.58. The number of nitrogens with one attached hydrogen (secondary N) is 2. The van der Waals surface area contributed by atoms with Gasteiger partial charge < -0.3 is 31.1 Å². The molecular formula is C30H38N2O5. The summed E-state index contributed by atoms with van der Waals surface area (Å²) in [5.74, 6) is 0.0602. The van der Waals surface area contributed by atoms with Gasteiger partial charge in [0.1, 0.15) is 11.5 Å². The zero-order valence-electron chi connectivity index (χ0n) is 22.0. The van der Waals surface area contributed by atoms with Crippen LogP contribution in [0.2, 0.25) is 0 Å². The van der Waals surface area contributed by atoms with Gasteiger partial charge in [0.15, 0.2) is 0 Å². The minimum atomic E-state index is -0.806. The van der Waals surface area contributed by atoms with E-state index in [1.165, 1.54) is 6.07 Å². The first kappa shape index (κ1) is 28.2. The molecule has 0 saturated carbocycles. The number of benzene rings is 3. The van der Waals surface area contributed by atoms with Gasteiger partial charge in [0, 0.05) is 35.2 Å². The molecule has 0 spiro atoms. The van der Waals surface area contributed by atoms with Crippen LogP contribution < -0.4 is 10.6 Å². The number of carbonyl (C=O) groups excluding carboxylic acids is 1. The van der Waals surface area contributed by atoms with Crippen molar-refractivity contribution in [3.05, 3.63) is 94.5 Å². The van der Waals surface area contributed by atoms with Crippen LogP contribution in [0.4, 0.5) is 0 Å². The third-order valence-corrected chi connectivity index (χ3v) is 6.61. The second kappa shape index (κ2) is 11.8. The first-order valence-corrected chi connectivity index (χ1v) is 12.4. The molecule has 0 fully saturated rings. The van der Waals surface area contributed by atoms with E-state index in [4.69, 9.17) is 0 Å². The van der Waals surface area contributed by atoms with Gasteiger partial charge in [0.05, 0.1) is 12.7 Å². The SMILES string of the molecule is CC(C)(Cc1cccc(C(=O)NCC(C)(C)c2ccc(O)cc2)c1)NC[C@H](O)c1ccc(O)c(CO)c1. The average molecular weight is 507 g/mol. The second-order valence-electron chi connectivity index (χ2n) is 10.8. The number of carbonyl (C=O) groups is 1. The Balaban J connectivity index is 1.58. The Kier molecular flexibility index (Phi) is 8.97. The molecule has 0 aliphatic rings. The van der Waals surface area contributed by atoms with E-state index in [9.17, 15) is 25.2 Å². The lowest BCUT2D eigenvalue weighted by molar-refractivity contribution is 0.0945. The molecule has 7 nitrogen and oxygen atoms in total. The molecule has 3 rings (SSSR count). The lowest BCUT2D eigenvalue weighted by Gasteiger charge is -2.28. The fourth-order valence-electron chi connectivity index (χ4n) is 4.24. The Morgan fingerprint density at radius 3 is 2.32 bits per heavy atom. The van der Waals surface area contributed by atoms with Crippen LogP contribution in [-0.2, 0) is 18.4 Å². The number of aliphatic hydroxyl groups is 2. The highest BCUT2D eigenvalue weighted by molar-refractivity contribution is 5.94. The number of β-amino-alcohol motifs (C(OH)–C–C–N with tert-alkyl or cyclic N) is 1. The van der Waals surface area contributed by atoms with Crippen LogP contribution in [0.25, 0.3) is 0 Å². The summed E-state index contributed by atoms with van der Waals surface area (Å²) in [7, 11) is 0. The molecule has 0 aliphatic heterocycles. The third-order valence-electron chi connectivity index (χ3n) is 6.61. The summed E-state index contributed by atoms with van der Waals surface area (Å²) in [5.41, 5.74) is 2.90. The van der Waals surface area contributed by atoms with Gasteiger partial charge in [0.2, 0.25) is 0 Å². The van der Waals surface area contributed by atoms with Crippen LogP contribution in [-0.4, -0.2) is 45.0 Å². The molecule has 0 radical (unpaired) electrons. The van der Waals surface area contributed by atoms with E-state index < -0.39 is 6.10 Å². The van der Waals surface area contributed by atoms with Crippen LogP contribution in [0.1, 0.15) is 66.4 Å². The largest absolute Gasteiger partial charge is 0.508 e. The number of aliphatic hydroxyl groups excluding tert-OH is 2. The van der Waals surface area contributed by atoms with Crippen molar-refractivity contribution in [3.8, 4) is 11.5 Å². The predicted octanol–water partition coefficient (Wildman–Crippen LogP) is 3.94. The van der Waals surface area contributed by atoms with Gasteiger partial charge in [-0.05, 0) is 73.4 Å². The molecule has 0 aliphatic carbocycles. The van der Waals surface area contributed by atoms with Gasteiger partial charge in [0.25, 0.3) is 5.91 Å². The third kappa shape index (κ3) is 7.79. The van der Waals surface area contributed by atoms with Crippen LogP contribution in [0.3, 0.4) is 0 Å². The quantitative estimate of drug-likeness (QED) is 0.234. The molecule has 37 heavy (non-hydrogen) atoms. The number of hydrogen-bond donors (Lipinski definition) is 6. The van der Waals surface area contributed by atoms with Gasteiger partial charge in [-0.25, -0.2) is 0 Å². The number of rotatable bonds is 11. The van der Waals surface area contributed by atoms with E-state index >= 15 is 0 Å². The molecule has 1 amide bonds. The highest BCUT2D eigenvalue weighted by atomic mass is 16.3. The normalized spacial score (nSPS) is 12.8. The predicted molar refractivity (Wildman–Crippen MR) is 145 cm³/mol. The fraction of sp³-hybridized carbons (Fsp3) is 0.367. The monoisotopic (exact) mass is 506 g/mol. The number of amides is 1. The second-order valence-corrected chi connectivity index (χ2v) is 10.8. The van der Waals surface area contributed by atoms with Crippen LogP contribution in [0.15, 0.2) is 66.7 Å². The van der Waals surface area contributed by atoms with E-state index in [-0.39, 0.29) is 41.5 Å². The number of aromatic hydroxyl groups is 2. The van der Waals surface area contributed by atoms with Gasteiger partial charge in [-0.1, -0.05) is 44.2 Å². The maximum absolute atomic E-state index is 12.9. The van der Waals surface area contributed by atoms with Crippen LogP contribution in [0, 0.1) is 0 Å². The van der Waals surface area contributed by atoms with E-state index in [2.05, 4.69) is 10.6 Å². The van der Waals surface area contributed by atoms with Crippen molar-refractivity contribution in [2.24, 2.45) is 0 Å². The van der Waals surface area contributed by atoms with Crippen LogP contribution >= 0.6 is 0 Å². The lowest BCUT2D eigenvalue weighted by Crippen LogP contribution is -2.43. The van der Waals surface area contributed by atoms with Gasteiger partial charge in [-0.3, -0.25) is 4.79 Å². The summed E-state index contributed by atoms with van der Waals surface area (Å²) < 4.78 is 0. The molecule has 7 heteroatoms. The number of phenols is 2. The van der Waals surface area contributed by atoms with Crippen LogP contribution in [0.5, 0.6) is 11.5 Å². The Morgan fingerprint density at radius 1 is 0.946 bits per heavy atom. The lowest BCUT2D eigenvalue weighted by atomic mass is 9.84. The Hall–Kier alpha value is -3.39. The standard InChI is InChI=1S/C30H38N2O5/c1-29(2,24-9-11-25(34)12-10-24)19-31-28(37)22-7-5-6-20(14-22)16-30(3,4)32-17-27(36)21-8-13-26(35)23(15-21)18-33/h5-15,27,32-36H,16-19H2,1-4H3,(H,31,37)/t27-/m0/s1. The minimum absolute atomic E-state index is 0.000394. The molecule has 0 unspecified atom stereocenters. The Morgan fingerprint density at radius 2 is 1.65 bits per heavy atom. The highest BCUT2D eigenvalue weighted by Gasteiger charge is 2.23. The molecule has 0 aromatic heterocycles. The van der Waals surface area contributed by atoms with Crippen molar-refractivity contribution >= 4 is 5.91 Å². The summed E-state index contributed by atoms with van der Waals surface area (Å²) >= 11 is 0. The summed E-state index contributed by atoms with van der Waals surface area (Å²) in [6, 6.07) is 19.2. The van der Waals surface area contributed by atoms with E-state index in [1.54, 1.807) is 30.3 Å². The Bertz CT molecular complexity index is 1200. The maximum Gasteiger partial charge on any atom is 0.251 e. The van der Waals surface area contributed by atoms with Crippen molar-refractivity contribution in [1.29, 1.82) is 0 Å². The van der Waals surface area contributed by atoms with Crippen molar-refractivity contribution in [2.75, 3.05) is 13.1 Å². The van der Waals surface area contributed by atoms with Gasteiger partial charge in [-0.2, -0.15) is 0 Å². The molecule has 3 aromatic carbocycles. The van der Waals surface area contributed by atoms with Crippen molar-refractivity contribution in [2.45, 2.75) is 57.8 Å². The molecule has 6 N–H and O–H groups in total. The van der Waals surface area contributed by atoms with E-state index in [1.807, 2.05) is 58.0 Å². The Labute approximate surface area is 218 Å². The topological polar surface area (TPSA) is 122 Å². The summed E-state index contributed by atoms with van der Waals surface area (Å²) in [5, 5.41) is 45.6. The van der Waals surface area contributed by atoms with Gasteiger partial charge >= 0.3 is 0 Å². The van der Waals surface area contributed by atoms with E-state index in [0.29, 0.717) is 29.7 Å². The van der Waals surface area contributed by atoms with E-state index in [0.717, 1.165) is 11.1 Å². The fourth-order valence-corrected chi connectivity index (χ4v) is 4.24. The molecule has 0 heterocycles. The molecule has 198 valence electrons. The van der Waals surface area contributed by atoms with Crippen molar-refractivity contribution in [1.82, 2.24) is 10.6 Å². The highest BCUT2D eigenvalue weighted by Crippen LogP contribution is 2.25. The van der Waals surface area contributed by atoms with Crippen molar-refractivity contribution in [3.63, 3.8) is 0 Å². The summed E-state index contributed by atoms with van der Waals surface area (Å²) in [4.78, 5) is 12.9. The minimum Gasteiger partial charge on any atom is -0.508 e. The first-order chi connectivity index (χ1) is 17.4. The smallest absolute Gasteiger partial charge is 0.251 e. The zero-order valence-corrected chi connectivity index (χ0v) is 22.0. The molecule has 0 saturated heterocycles. The first-order valence-electron chi connectivity index (χ1n) is 12.4. The summed E-state index contributed by atoms with van der Waals surface area (Å²) in [6.07, 6.45) is -0.170. The zero-order chi connectivity index (χ0) is 27.2. The number of hydrogen-bond acceptors (Lipinski definition) is 6. The number of phenolic OH excluding ortho intramolecular Hbond substituents is 1. The maximum atomic E-state index is 12.9. The molecule has 0 bridgehead atoms. The van der Waals surface area contributed by atoms with Crippen molar-refractivity contribution < 1.29 is 25.2 Å². The van der Waals surface area contributed by atoms with Gasteiger partial charge in [-0.15, -0.1) is 0 Å². The molecule has 1 atom stereocenters. The molecule has 3 aromatic rings. The molecular weight excluding hydrogens is 468 g/mol. The average Bonchev–Trinajstić information content (AvgIpc) is 2.86.